The Balaban J connectivity index is 0.00000265. The van der Waals surface area contributed by atoms with Gasteiger partial charge in [-0.15, -0.1) is 10.2 Å². The maximum absolute atomic E-state index is 13.0. The number of phenolic OH excluding ortho intramolecular Hbond substituents is 1. The smallest absolute Gasteiger partial charge is 0.744 e. The van der Waals surface area contributed by atoms with Crippen LogP contribution in [-0.2, 0) is 30.4 Å². The van der Waals surface area contributed by atoms with E-state index in [0.717, 1.165) is 18.2 Å². The van der Waals surface area contributed by atoms with E-state index < -0.39 is 62.5 Å². The van der Waals surface area contributed by atoms with E-state index in [0.29, 0.717) is 21.8 Å². The van der Waals surface area contributed by atoms with E-state index in [1.54, 1.807) is 36.4 Å². The number of urea groups is 1. The van der Waals surface area contributed by atoms with Crippen LogP contribution in [0.25, 0.3) is 32.3 Å². The van der Waals surface area contributed by atoms with Crippen molar-refractivity contribution in [2.75, 3.05) is 10.6 Å². The van der Waals surface area contributed by atoms with Gasteiger partial charge in [0.05, 0.1) is 26.1 Å². The van der Waals surface area contributed by atoms with Crippen molar-refractivity contribution in [2.24, 2.45) is 20.5 Å². The van der Waals surface area contributed by atoms with Gasteiger partial charge in [-0.3, -0.25) is 0 Å². The molecule has 3 N–H and O–H groups in total. The number of hydrogen-bond donors (Lipinski definition) is 3. The Morgan fingerprint density at radius 1 is 0.500 bits per heavy atom. The van der Waals surface area contributed by atoms with Crippen molar-refractivity contribution >= 4 is 103 Å². The van der Waals surface area contributed by atoms with Crippen LogP contribution in [0.4, 0.5) is 38.9 Å². The molecule has 17 nitrogen and oxygen atoms in total. The standard InChI is InChI=1S/C37H26N6O11S3.3Na/c44-36-31-13-11-28(16-25(31)20-34(57(52,53)54)35(36)43-41-29-10-7-22-17-30(55(46,47)48)12-8-21(22)14-29)39-37(45)38-27-9-6-23-18-32(42-40-26-4-2-1-3-5-26)33(56(49,50)51)19-24(23)15-27;;;/h1-20,44H,(H2,38,39,45)(H,46,47,48)(H,49,50,51)(H,52,53,54);;;/q;3*+1/p-3. The van der Waals surface area contributed by atoms with Crippen molar-refractivity contribution in [3.63, 3.8) is 0 Å². The first kappa shape index (κ1) is 49.0. The molecule has 288 valence electrons. The number of benzene rings is 7. The predicted octanol–water partition coefficient (Wildman–Crippen LogP) is -0.949. The van der Waals surface area contributed by atoms with Crippen molar-refractivity contribution in [1.82, 2.24) is 0 Å². The third-order valence-corrected chi connectivity index (χ3v) is 10.9. The number of azo groups is 2. The van der Waals surface area contributed by atoms with Crippen LogP contribution in [0.5, 0.6) is 5.75 Å². The number of nitrogens with one attached hydrogen (secondary N) is 2. The number of aromatic hydroxyl groups is 1. The Morgan fingerprint density at radius 3 is 1.70 bits per heavy atom. The van der Waals surface area contributed by atoms with Crippen LogP contribution in [0, 0.1) is 0 Å². The van der Waals surface area contributed by atoms with Crippen LogP contribution < -0.4 is 99.3 Å². The Hall–Kier alpha value is -3.68. The summed E-state index contributed by atoms with van der Waals surface area (Å²) in [6.45, 7) is 0. The first-order valence-corrected chi connectivity index (χ1v) is 20.4. The molecule has 0 heterocycles. The summed E-state index contributed by atoms with van der Waals surface area (Å²) in [6.07, 6.45) is 0. The minimum absolute atomic E-state index is 0. The fraction of sp³-hybridized carbons (Fsp3) is 0. The summed E-state index contributed by atoms with van der Waals surface area (Å²) in [6, 6.07) is 27.6. The molecular weight excluding hydrogens is 870 g/mol. The maximum atomic E-state index is 13.0. The number of carbonyl (C=O) groups is 1. The molecule has 7 aromatic rings. The zero-order chi connectivity index (χ0) is 40.7. The Bertz CT molecular complexity index is 3210. The molecule has 0 aliphatic rings. The molecule has 0 aliphatic heterocycles. The first-order valence-electron chi connectivity index (χ1n) is 16.2. The van der Waals surface area contributed by atoms with Gasteiger partial charge in [-0.05, 0) is 112 Å². The molecule has 0 unspecified atom stereocenters. The van der Waals surface area contributed by atoms with E-state index in [9.17, 15) is 48.8 Å². The molecule has 0 saturated carbocycles. The summed E-state index contributed by atoms with van der Waals surface area (Å²) >= 11 is 0. The Morgan fingerprint density at radius 2 is 1.05 bits per heavy atom. The number of amides is 2. The number of anilines is 2. The zero-order valence-electron chi connectivity index (χ0n) is 31.6. The average molecular weight is 893 g/mol. The minimum Gasteiger partial charge on any atom is -0.744 e. The molecule has 0 radical (unpaired) electrons. The topological polar surface area (TPSA) is 282 Å². The van der Waals surface area contributed by atoms with Gasteiger partial charge in [0, 0.05) is 16.8 Å². The number of rotatable bonds is 9. The second-order valence-electron chi connectivity index (χ2n) is 12.3. The van der Waals surface area contributed by atoms with E-state index in [2.05, 4.69) is 31.1 Å². The molecule has 0 aromatic heterocycles. The summed E-state index contributed by atoms with van der Waals surface area (Å²) in [5.74, 6) is -0.701. The normalized spacial score (nSPS) is 11.9. The summed E-state index contributed by atoms with van der Waals surface area (Å²) in [7, 11) is -14.9. The van der Waals surface area contributed by atoms with E-state index >= 15 is 0 Å². The van der Waals surface area contributed by atoms with Gasteiger partial charge in [0.1, 0.15) is 41.7 Å². The number of phenols is 1. The molecule has 0 bridgehead atoms. The molecule has 2 amide bonds. The number of fused-ring (bicyclic) bond motifs is 3. The van der Waals surface area contributed by atoms with Crippen molar-refractivity contribution in [3.05, 3.63) is 121 Å². The number of nitrogens with zero attached hydrogens (tertiary/aromatic N) is 4. The van der Waals surface area contributed by atoms with E-state index in [1.807, 2.05) is 0 Å². The summed E-state index contributed by atoms with van der Waals surface area (Å²) in [4.78, 5) is 11.0. The number of carbonyl (C=O) groups excluding carboxylic acids is 1. The van der Waals surface area contributed by atoms with Crippen LogP contribution in [-0.4, -0.2) is 50.0 Å². The second kappa shape index (κ2) is 19.6. The molecule has 0 fully saturated rings. The van der Waals surface area contributed by atoms with E-state index in [1.165, 1.54) is 66.7 Å². The minimum atomic E-state index is -5.25. The van der Waals surface area contributed by atoms with Gasteiger partial charge >= 0.3 is 94.7 Å². The van der Waals surface area contributed by atoms with Crippen LogP contribution in [0.3, 0.4) is 0 Å². The van der Waals surface area contributed by atoms with Crippen molar-refractivity contribution < 1.29 is 137 Å². The van der Waals surface area contributed by atoms with Gasteiger partial charge in [0.15, 0.2) is 5.75 Å². The molecule has 0 saturated heterocycles. The van der Waals surface area contributed by atoms with Crippen LogP contribution in [0.1, 0.15) is 0 Å². The summed E-state index contributed by atoms with van der Waals surface area (Å²) in [5.41, 5.74) is 0.0600. The van der Waals surface area contributed by atoms with Gasteiger partial charge in [0.2, 0.25) is 0 Å². The van der Waals surface area contributed by atoms with Crippen molar-refractivity contribution in [1.29, 1.82) is 0 Å². The van der Waals surface area contributed by atoms with E-state index in [-0.39, 0.29) is 128 Å². The fourth-order valence-electron chi connectivity index (χ4n) is 5.77. The summed E-state index contributed by atoms with van der Waals surface area (Å²) < 4.78 is 107. The van der Waals surface area contributed by atoms with Crippen LogP contribution in [0.2, 0.25) is 0 Å². The van der Waals surface area contributed by atoms with Gasteiger partial charge in [-0.2, -0.15) is 10.2 Å². The maximum Gasteiger partial charge on any atom is 1.00 e. The molecule has 7 aromatic carbocycles. The fourth-order valence-corrected chi connectivity index (χ4v) is 7.55. The third kappa shape index (κ3) is 11.4. The molecule has 0 spiro atoms. The molecule has 0 aliphatic carbocycles. The zero-order valence-corrected chi connectivity index (χ0v) is 40.0. The average Bonchev–Trinajstić information content (AvgIpc) is 3.15. The molecule has 7 rings (SSSR count). The largest absolute Gasteiger partial charge is 1.00 e. The van der Waals surface area contributed by atoms with Gasteiger partial charge in [-0.1, -0.05) is 36.4 Å². The molecule has 60 heavy (non-hydrogen) atoms. The van der Waals surface area contributed by atoms with Crippen molar-refractivity contribution in [2.45, 2.75) is 14.7 Å². The van der Waals surface area contributed by atoms with Crippen molar-refractivity contribution in [3.8, 4) is 5.75 Å². The van der Waals surface area contributed by atoms with Crippen LogP contribution in [0.15, 0.2) is 156 Å². The predicted molar refractivity (Wildman–Crippen MR) is 205 cm³/mol. The Kier molecular flexibility index (Phi) is 16.0. The Labute approximate surface area is 408 Å². The molecular formula is C37H23N6Na3O11S3. The monoisotopic (exact) mass is 892 g/mol. The number of hydrogen-bond acceptors (Lipinski definition) is 15. The molecule has 0 atom stereocenters. The van der Waals surface area contributed by atoms with Gasteiger partial charge in [-0.25, -0.2) is 30.0 Å². The van der Waals surface area contributed by atoms with Crippen LogP contribution >= 0.6 is 0 Å². The second-order valence-corrected chi connectivity index (χ2v) is 16.3. The first-order chi connectivity index (χ1) is 26.9. The SMILES string of the molecule is O=C(Nc1ccc2cc(N=Nc3ccccc3)c(S(=O)(=O)[O-])cc2c1)Nc1ccc2c(O)c(N=Nc3ccc4cc(S(=O)(=O)[O-])ccc4c3)c(S(=O)(=O)[O-])cc2c1.[Na+].[Na+].[Na+]. The summed E-state index contributed by atoms with van der Waals surface area (Å²) in [5, 5.41) is 33.7. The van der Waals surface area contributed by atoms with Gasteiger partial charge < -0.3 is 29.4 Å². The van der Waals surface area contributed by atoms with Gasteiger partial charge in [0.25, 0.3) is 0 Å². The quantitative estimate of drug-likeness (QED) is 0.0903. The third-order valence-electron chi connectivity index (χ3n) is 8.40. The molecule has 23 heteroatoms. The van der Waals surface area contributed by atoms with E-state index in [4.69, 9.17) is 0 Å².